The Morgan fingerprint density at radius 1 is 0.972 bits per heavy atom. The van der Waals surface area contributed by atoms with E-state index in [2.05, 4.69) is 27.9 Å². The highest BCUT2D eigenvalue weighted by Crippen LogP contribution is 2.27. The molecule has 8 nitrogen and oxygen atoms in total. The molecule has 3 rings (SSSR count). The summed E-state index contributed by atoms with van der Waals surface area (Å²) < 4.78 is 0. The summed E-state index contributed by atoms with van der Waals surface area (Å²) in [5.74, 6) is -0.847. The standard InChI is InChI=1S/C28H37N5O3/c1-4-5-6-7-8-14-19-29-28(36)30-20(2)26(34)32-25-27(35)33(3)23-18-13-12-17-22(23)24(31-25)21-15-10-9-11-16-21/h9-13,15-18,20,25H,4-8,14,19H2,1-3H3,(H,32,34)(H2,29,30,36)/t20-,25+/m0/s1. The van der Waals surface area contributed by atoms with Crippen LogP contribution in [0.5, 0.6) is 0 Å². The smallest absolute Gasteiger partial charge is 0.315 e. The summed E-state index contributed by atoms with van der Waals surface area (Å²) >= 11 is 0. The molecule has 0 saturated carbocycles. The van der Waals surface area contributed by atoms with Gasteiger partial charge in [0.15, 0.2) is 0 Å². The van der Waals surface area contributed by atoms with Gasteiger partial charge in [0.25, 0.3) is 5.91 Å². The molecule has 1 heterocycles. The lowest BCUT2D eigenvalue weighted by atomic mass is 10.0. The first-order valence-corrected chi connectivity index (χ1v) is 12.8. The molecule has 2 aromatic rings. The van der Waals surface area contributed by atoms with Crippen LogP contribution >= 0.6 is 0 Å². The second-order valence-corrected chi connectivity index (χ2v) is 9.06. The highest BCUT2D eigenvalue weighted by molar-refractivity contribution is 6.20. The van der Waals surface area contributed by atoms with E-state index in [9.17, 15) is 14.4 Å². The topological polar surface area (TPSA) is 103 Å². The van der Waals surface area contributed by atoms with E-state index in [4.69, 9.17) is 0 Å². The van der Waals surface area contributed by atoms with Gasteiger partial charge >= 0.3 is 6.03 Å². The monoisotopic (exact) mass is 491 g/mol. The SMILES string of the molecule is CCCCCCCCNC(=O)N[C@@H](C)C(=O)N[C@H]1N=C(c2ccccc2)c2ccccc2N(C)C1=O. The molecular formula is C28H37N5O3. The number of amides is 4. The lowest BCUT2D eigenvalue weighted by molar-refractivity contribution is -0.128. The molecule has 0 fully saturated rings. The Hall–Kier alpha value is -3.68. The molecule has 2 aromatic carbocycles. The maximum absolute atomic E-state index is 13.2. The molecule has 0 radical (unpaired) electrons. The average molecular weight is 492 g/mol. The quantitative estimate of drug-likeness (QED) is 0.414. The molecule has 4 amide bonds. The average Bonchev–Trinajstić information content (AvgIpc) is 2.99. The van der Waals surface area contributed by atoms with Crippen molar-refractivity contribution in [3.05, 3.63) is 65.7 Å². The first-order chi connectivity index (χ1) is 17.4. The minimum atomic E-state index is -1.12. The van der Waals surface area contributed by atoms with E-state index in [-0.39, 0.29) is 5.91 Å². The number of likely N-dealkylation sites (N-methyl/N-ethyl adjacent to an activating group) is 1. The van der Waals surface area contributed by atoms with Crippen LogP contribution in [-0.4, -0.2) is 49.4 Å². The van der Waals surface area contributed by atoms with E-state index in [1.54, 1.807) is 14.0 Å². The predicted octanol–water partition coefficient (Wildman–Crippen LogP) is 3.99. The molecule has 1 aliphatic rings. The summed E-state index contributed by atoms with van der Waals surface area (Å²) in [5, 5.41) is 8.16. The molecule has 3 N–H and O–H groups in total. The summed E-state index contributed by atoms with van der Waals surface area (Å²) in [5.41, 5.74) is 2.97. The van der Waals surface area contributed by atoms with Crippen LogP contribution < -0.4 is 20.9 Å². The van der Waals surface area contributed by atoms with E-state index in [0.717, 1.165) is 30.4 Å². The maximum Gasteiger partial charge on any atom is 0.315 e. The molecular weight excluding hydrogens is 454 g/mol. The molecule has 2 atom stereocenters. The van der Waals surface area contributed by atoms with Crippen LogP contribution in [0.15, 0.2) is 59.6 Å². The number of nitrogens with zero attached hydrogens (tertiary/aromatic N) is 2. The third kappa shape index (κ3) is 7.16. The van der Waals surface area contributed by atoms with Crippen molar-refractivity contribution in [3.63, 3.8) is 0 Å². The zero-order chi connectivity index (χ0) is 25.9. The number of hydrogen-bond donors (Lipinski definition) is 3. The second-order valence-electron chi connectivity index (χ2n) is 9.06. The van der Waals surface area contributed by atoms with Gasteiger partial charge in [0.05, 0.1) is 11.4 Å². The Morgan fingerprint density at radius 2 is 1.64 bits per heavy atom. The van der Waals surface area contributed by atoms with Crippen molar-refractivity contribution in [2.75, 3.05) is 18.5 Å². The summed E-state index contributed by atoms with van der Waals surface area (Å²) in [6.45, 7) is 4.32. The lowest BCUT2D eigenvalue weighted by Gasteiger charge is -2.22. The number of benzene rings is 2. The molecule has 0 unspecified atom stereocenters. The predicted molar refractivity (Wildman–Crippen MR) is 143 cm³/mol. The fourth-order valence-corrected chi connectivity index (χ4v) is 4.12. The van der Waals surface area contributed by atoms with Crippen LogP contribution in [0.25, 0.3) is 0 Å². The van der Waals surface area contributed by atoms with Crippen molar-refractivity contribution in [3.8, 4) is 0 Å². The van der Waals surface area contributed by atoms with Gasteiger partial charge in [-0.2, -0.15) is 0 Å². The van der Waals surface area contributed by atoms with Gasteiger partial charge in [0, 0.05) is 24.7 Å². The number of carbonyl (C=O) groups is 3. The van der Waals surface area contributed by atoms with Crippen LogP contribution in [0.4, 0.5) is 10.5 Å². The van der Waals surface area contributed by atoms with Crippen molar-refractivity contribution in [1.82, 2.24) is 16.0 Å². The summed E-state index contributed by atoms with van der Waals surface area (Å²) in [6.07, 6.45) is 5.66. The van der Waals surface area contributed by atoms with Crippen LogP contribution in [-0.2, 0) is 9.59 Å². The Morgan fingerprint density at radius 3 is 2.39 bits per heavy atom. The molecule has 0 aromatic heterocycles. The van der Waals surface area contributed by atoms with Crippen molar-refractivity contribution >= 4 is 29.2 Å². The maximum atomic E-state index is 13.2. The number of unbranched alkanes of at least 4 members (excludes halogenated alkanes) is 5. The van der Waals surface area contributed by atoms with Gasteiger partial charge in [-0.05, 0) is 19.4 Å². The Bertz CT molecular complexity index is 1070. The van der Waals surface area contributed by atoms with Crippen LogP contribution in [0, 0.1) is 0 Å². The molecule has 0 spiro atoms. The van der Waals surface area contributed by atoms with Crippen molar-refractivity contribution in [2.24, 2.45) is 4.99 Å². The zero-order valence-electron chi connectivity index (χ0n) is 21.4. The summed E-state index contributed by atoms with van der Waals surface area (Å²) in [4.78, 5) is 44.6. The van der Waals surface area contributed by atoms with Crippen LogP contribution in [0.2, 0.25) is 0 Å². The number of para-hydroxylation sites is 1. The molecule has 0 saturated heterocycles. The number of anilines is 1. The van der Waals surface area contributed by atoms with E-state index in [1.807, 2.05) is 54.6 Å². The number of carbonyl (C=O) groups excluding carboxylic acids is 3. The molecule has 1 aliphatic heterocycles. The molecule has 36 heavy (non-hydrogen) atoms. The van der Waals surface area contributed by atoms with Gasteiger partial charge in [0.1, 0.15) is 6.04 Å². The Kier molecular flexibility index (Phi) is 10.0. The fraction of sp³-hybridized carbons (Fsp3) is 0.429. The van der Waals surface area contributed by atoms with Crippen molar-refractivity contribution in [1.29, 1.82) is 0 Å². The summed E-state index contributed by atoms with van der Waals surface area (Å²) in [6, 6.07) is 15.8. The number of nitrogens with one attached hydrogen (secondary N) is 3. The zero-order valence-corrected chi connectivity index (χ0v) is 21.4. The van der Waals surface area contributed by atoms with Gasteiger partial charge in [-0.1, -0.05) is 87.6 Å². The van der Waals surface area contributed by atoms with E-state index in [0.29, 0.717) is 17.9 Å². The van der Waals surface area contributed by atoms with Crippen molar-refractivity contribution < 1.29 is 14.4 Å². The van der Waals surface area contributed by atoms with E-state index >= 15 is 0 Å². The van der Waals surface area contributed by atoms with Gasteiger partial charge in [0.2, 0.25) is 12.1 Å². The Labute approximate surface area is 213 Å². The second kappa shape index (κ2) is 13.4. The van der Waals surface area contributed by atoms with E-state index in [1.165, 1.54) is 24.2 Å². The van der Waals surface area contributed by atoms with E-state index < -0.39 is 24.1 Å². The van der Waals surface area contributed by atoms with Crippen LogP contribution in [0.1, 0.15) is 63.5 Å². The fourth-order valence-electron chi connectivity index (χ4n) is 4.12. The largest absolute Gasteiger partial charge is 0.338 e. The number of fused-ring (bicyclic) bond motifs is 1. The minimum absolute atomic E-state index is 0.360. The summed E-state index contributed by atoms with van der Waals surface area (Å²) in [7, 11) is 1.67. The third-order valence-electron chi connectivity index (χ3n) is 6.23. The molecule has 0 bridgehead atoms. The number of rotatable bonds is 11. The highest BCUT2D eigenvalue weighted by Gasteiger charge is 2.32. The number of hydrogen-bond acceptors (Lipinski definition) is 4. The normalized spacial score (nSPS) is 15.9. The number of aliphatic imine (C=N–C) groups is 1. The van der Waals surface area contributed by atoms with Crippen LogP contribution in [0.3, 0.4) is 0 Å². The van der Waals surface area contributed by atoms with Gasteiger partial charge in [-0.25, -0.2) is 9.79 Å². The molecule has 8 heteroatoms. The highest BCUT2D eigenvalue weighted by atomic mass is 16.2. The van der Waals surface area contributed by atoms with Gasteiger partial charge in [-0.15, -0.1) is 0 Å². The minimum Gasteiger partial charge on any atom is -0.338 e. The lowest BCUT2D eigenvalue weighted by Crippen LogP contribution is -2.53. The first kappa shape index (κ1) is 26.9. The number of urea groups is 1. The third-order valence-corrected chi connectivity index (χ3v) is 6.23. The van der Waals surface area contributed by atoms with Gasteiger partial charge < -0.3 is 20.9 Å². The number of benzodiazepines with no additional fused rings is 1. The van der Waals surface area contributed by atoms with Crippen molar-refractivity contribution in [2.45, 2.75) is 64.6 Å². The Balaban J connectivity index is 1.64. The van der Waals surface area contributed by atoms with Gasteiger partial charge in [-0.3, -0.25) is 9.59 Å². The molecule has 0 aliphatic carbocycles. The first-order valence-electron chi connectivity index (χ1n) is 12.8. The molecule has 192 valence electrons.